The van der Waals surface area contributed by atoms with Crippen LogP contribution < -0.4 is 4.74 Å². The zero-order valence-corrected chi connectivity index (χ0v) is 16.4. The first-order valence-corrected chi connectivity index (χ1v) is 9.79. The molecule has 1 aliphatic rings. The Balaban J connectivity index is 1.49. The summed E-state index contributed by atoms with van der Waals surface area (Å²) in [6.45, 7) is 5.62. The van der Waals surface area contributed by atoms with Crippen molar-refractivity contribution in [3.8, 4) is 5.75 Å². The number of H-pyrrole nitrogens is 1. The van der Waals surface area contributed by atoms with Crippen molar-refractivity contribution in [2.45, 2.75) is 19.9 Å². The Labute approximate surface area is 162 Å². The molecule has 1 aromatic carbocycles. The van der Waals surface area contributed by atoms with Gasteiger partial charge in [0.15, 0.2) is 0 Å². The summed E-state index contributed by atoms with van der Waals surface area (Å²) in [6.07, 6.45) is 7.30. The number of aromatic nitrogens is 2. The van der Waals surface area contributed by atoms with Gasteiger partial charge in [-0.2, -0.15) is 0 Å². The highest BCUT2D eigenvalue weighted by molar-refractivity contribution is 9.10. The lowest BCUT2D eigenvalue weighted by Crippen LogP contribution is -2.28. The average Bonchev–Trinajstić information content (AvgIpc) is 3.09. The molecular formula is C21H22BrN3O. The summed E-state index contributed by atoms with van der Waals surface area (Å²) in [5.41, 5.74) is 4.92. The van der Waals surface area contributed by atoms with Crippen molar-refractivity contribution in [2.75, 3.05) is 19.7 Å². The molecule has 0 bridgehead atoms. The van der Waals surface area contributed by atoms with E-state index in [2.05, 4.69) is 61.3 Å². The third-order valence-electron chi connectivity index (χ3n) is 4.81. The molecule has 4 rings (SSSR count). The summed E-state index contributed by atoms with van der Waals surface area (Å²) < 4.78 is 6.77. The summed E-state index contributed by atoms with van der Waals surface area (Å²) in [5, 5.41) is 1.21. The zero-order valence-electron chi connectivity index (χ0n) is 14.8. The second-order valence-corrected chi connectivity index (χ2v) is 7.36. The molecule has 0 spiro atoms. The van der Waals surface area contributed by atoms with E-state index >= 15 is 0 Å². The highest BCUT2D eigenvalue weighted by Crippen LogP contribution is 2.30. The Bertz CT molecular complexity index is 947. The lowest BCUT2D eigenvalue weighted by molar-refractivity contribution is 0.292. The summed E-state index contributed by atoms with van der Waals surface area (Å²) in [4.78, 5) is 10.1. The number of nitrogens with zero attached hydrogens (tertiary/aromatic N) is 2. The maximum atomic E-state index is 5.64. The SMILES string of the molecule is CCOc1ccc(Br)c(CN2CC=C(c3c[nH]c4ncccc34)CC2)c1. The second kappa shape index (κ2) is 7.64. The van der Waals surface area contributed by atoms with E-state index in [-0.39, 0.29) is 0 Å². The Morgan fingerprint density at radius 2 is 2.23 bits per heavy atom. The van der Waals surface area contributed by atoms with E-state index in [1.54, 1.807) is 0 Å². The standard InChI is InChI=1S/C21H22BrN3O/c1-2-26-17-5-6-20(22)16(12-17)14-25-10-7-15(8-11-25)19-13-24-21-18(19)4-3-9-23-21/h3-7,9,12-13H,2,8,10-11,14H2,1H3,(H,23,24). The molecule has 0 radical (unpaired) electrons. The number of halogens is 1. The minimum absolute atomic E-state index is 0.691. The maximum absolute atomic E-state index is 5.64. The van der Waals surface area contributed by atoms with Crippen molar-refractivity contribution in [3.05, 3.63) is 64.4 Å². The van der Waals surface area contributed by atoms with Crippen LogP contribution in [0.5, 0.6) is 5.75 Å². The van der Waals surface area contributed by atoms with E-state index in [1.165, 1.54) is 22.1 Å². The first-order valence-electron chi connectivity index (χ1n) is 8.99. The number of benzene rings is 1. The molecule has 0 unspecified atom stereocenters. The van der Waals surface area contributed by atoms with Crippen LogP contribution in [0.1, 0.15) is 24.5 Å². The van der Waals surface area contributed by atoms with Gasteiger partial charge < -0.3 is 9.72 Å². The van der Waals surface area contributed by atoms with Crippen molar-refractivity contribution in [3.63, 3.8) is 0 Å². The second-order valence-electron chi connectivity index (χ2n) is 6.50. The Morgan fingerprint density at radius 1 is 1.31 bits per heavy atom. The van der Waals surface area contributed by atoms with Crippen molar-refractivity contribution in [2.24, 2.45) is 0 Å². The molecule has 0 amide bonds. The van der Waals surface area contributed by atoms with Gasteiger partial charge in [-0.15, -0.1) is 0 Å². The number of pyridine rings is 1. The molecule has 1 N–H and O–H groups in total. The minimum Gasteiger partial charge on any atom is -0.494 e. The van der Waals surface area contributed by atoms with Crippen LogP contribution in [0, 0.1) is 0 Å². The molecule has 5 heteroatoms. The Kier molecular flexibility index (Phi) is 5.09. The highest BCUT2D eigenvalue weighted by atomic mass is 79.9. The van der Waals surface area contributed by atoms with Crippen LogP contribution in [-0.2, 0) is 6.54 Å². The Hall–Kier alpha value is -2.11. The third kappa shape index (κ3) is 3.55. The van der Waals surface area contributed by atoms with Crippen LogP contribution in [-0.4, -0.2) is 34.6 Å². The van der Waals surface area contributed by atoms with E-state index in [0.717, 1.165) is 41.9 Å². The molecule has 0 saturated heterocycles. The largest absolute Gasteiger partial charge is 0.494 e. The number of fused-ring (bicyclic) bond motifs is 1. The number of ether oxygens (including phenoxy) is 1. The van der Waals surface area contributed by atoms with E-state index in [9.17, 15) is 0 Å². The van der Waals surface area contributed by atoms with Crippen molar-refractivity contribution < 1.29 is 4.74 Å². The highest BCUT2D eigenvalue weighted by Gasteiger charge is 2.17. The van der Waals surface area contributed by atoms with Crippen molar-refractivity contribution in [1.82, 2.24) is 14.9 Å². The van der Waals surface area contributed by atoms with Crippen molar-refractivity contribution >= 4 is 32.5 Å². The molecule has 0 atom stereocenters. The van der Waals surface area contributed by atoms with Gasteiger partial charge in [-0.05, 0) is 54.8 Å². The number of nitrogens with one attached hydrogen (secondary N) is 1. The molecule has 4 nitrogen and oxygen atoms in total. The van der Waals surface area contributed by atoms with E-state index in [4.69, 9.17) is 4.74 Å². The van der Waals surface area contributed by atoms with Crippen LogP contribution in [0.3, 0.4) is 0 Å². The third-order valence-corrected chi connectivity index (χ3v) is 5.59. The minimum atomic E-state index is 0.691. The zero-order chi connectivity index (χ0) is 17.9. The molecule has 3 aromatic rings. The van der Waals surface area contributed by atoms with Gasteiger partial charge in [-0.1, -0.05) is 22.0 Å². The van der Waals surface area contributed by atoms with Gasteiger partial charge in [0.1, 0.15) is 11.4 Å². The van der Waals surface area contributed by atoms with Gasteiger partial charge in [-0.3, -0.25) is 4.90 Å². The smallest absolute Gasteiger partial charge is 0.137 e. The maximum Gasteiger partial charge on any atom is 0.137 e. The van der Waals surface area contributed by atoms with Crippen LogP contribution in [0.15, 0.2) is 53.3 Å². The van der Waals surface area contributed by atoms with Gasteiger partial charge in [0.25, 0.3) is 0 Å². The van der Waals surface area contributed by atoms with Gasteiger partial charge >= 0.3 is 0 Å². The summed E-state index contributed by atoms with van der Waals surface area (Å²) >= 11 is 3.67. The molecule has 0 aliphatic carbocycles. The number of hydrogen-bond donors (Lipinski definition) is 1. The Morgan fingerprint density at radius 3 is 3.04 bits per heavy atom. The summed E-state index contributed by atoms with van der Waals surface area (Å²) in [5.74, 6) is 0.935. The fraction of sp³-hybridized carbons (Fsp3) is 0.286. The van der Waals surface area contributed by atoms with Crippen LogP contribution >= 0.6 is 15.9 Å². The molecule has 134 valence electrons. The molecule has 3 heterocycles. The fourth-order valence-corrected chi connectivity index (χ4v) is 3.86. The van der Waals surface area contributed by atoms with Crippen LogP contribution in [0.25, 0.3) is 16.6 Å². The van der Waals surface area contributed by atoms with Gasteiger partial charge in [0, 0.05) is 47.5 Å². The lowest BCUT2D eigenvalue weighted by atomic mass is 9.99. The predicted molar refractivity (Wildman–Crippen MR) is 109 cm³/mol. The number of rotatable bonds is 5. The lowest BCUT2D eigenvalue weighted by Gasteiger charge is -2.27. The number of hydrogen-bond acceptors (Lipinski definition) is 3. The van der Waals surface area contributed by atoms with Crippen LogP contribution in [0.4, 0.5) is 0 Å². The van der Waals surface area contributed by atoms with E-state index in [0.29, 0.717) is 6.61 Å². The van der Waals surface area contributed by atoms with Gasteiger partial charge in [0.05, 0.1) is 6.61 Å². The normalized spacial score (nSPS) is 15.2. The molecule has 2 aromatic heterocycles. The van der Waals surface area contributed by atoms with E-state index in [1.807, 2.05) is 25.3 Å². The predicted octanol–water partition coefficient (Wildman–Crippen LogP) is 5.01. The molecule has 1 aliphatic heterocycles. The first kappa shape index (κ1) is 17.3. The van der Waals surface area contributed by atoms with Crippen molar-refractivity contribution in [1.29, 1.82) is 0 Å². The quantitative estimate of drug-likeness (QED) is 0.640. The fourth-order valence-electron chi connectivity index (χ4n) is 3.49. The molecule has 0 saturated carbocycles. The van der Waals surface area contributed by atoms with Crippen LogP contribution in [0.2, 0.25) is 0 Å². The van der Waals surface area contributed by atoms with E-state index < -0.39 is 0 Å². The topological polar surface area (TPSA) is 41.1 Å². The monoisotopic (exact) mass is 411 g/mol. The number of aromatic amines is 1. The summed E-state index contributed by atoms with van der Waals surface area (Å²) in [6, 6.07) is 10.4. The molecule has 0 fully saturated rings. The molecule has 26 heavy (non-hydrogen) atoms. The van der Waals surface area contributed by atoms with Gasteiger partial charge in [0.2, 0.25) is 0 Å². The average molecular weight is 412 g/mol. The van der Waals surface area contributed by atoms with Gasteiger partial charge in [-0.25, -0.2) is 4.98 Å². The first-order chi connectivity index (χ1) is 12.7. The molecular weight excluding hydrogens is 390 g/mol. The summed E-state index contributed by atoms with van der Waals surface area (Å²) in [7, 11) is 0.